The fraction of sp³-hybridized carbons (Fsp3) is 0.805. The molecular formula is C41H74O7. The van der Waals surface area contributed by atoms with E-state index in [0.29, 0.717) is 32.7 Å². The molecule has 0 radical (unpaired) electrons. The van der Waals surface area contributed by atoms with Gasteiger partial charge in [-0.15, -0.1) is 0 Å². The van der Waals surface area contributed by atoms with E-state index in [1.807, 2.05) is 12.2 Å². The number of carbonyl (C=O) groups is 2. The van der Waals surface area contributed by atoms with Gasteiger partial charge in [0, 0.05) is 25.9 Å². The number of unbranched alkanes of at least 4 members (excludes halogenated alkanes) is 16. The topological polar surface area (TPSA) is 91.3 Å². The zero-order valence-electron chi connectivity index (χ0n) is 31.2. The lowest BCUT2D eigenvalue weighted by Crippen LogP contribution is -2.13. The van der Waals surface area contributed by atoms with Crippen LogP contribution in [0.4, 0.5) is 0 Å². The molecule has 0 rings (SSSR count). The Hall–Kier alpha value is -2.12. The third-order valence-electron chi connectivity index (χ3n) is 8.45. The molecule has 0 aliphatic carbocycles. The minimum Gasteiger partial charge on any atom is -0.495 e. The van der Waals surface area contributed by atoms with E-state index in [-0.39, 0.29) is 24.8 Å². The maximum absolute atomic E-state index is 12.0. The van der Waals surface area contributed by atoms with Crippen molar-refractivity contribution in [3.8, 4) is 0 Å². The van der Waals surface area contributed by atoms with Crippen LogP contribution < -0.4 is 0 Å². The lowest BCUT2D eigenvalue weighted by molar-refractivity contribution is -0.143. The molecule has 0 bridgehead atoms. The number of aliphatic hydroxyl groups is 1. The summed E-state index contributed by atoms with van der Waals surface area (Å²) in [5, 5.41) is 8.81. The minimum absolute atomic E-state index is 0.0989. The predicted octanol–water partition coefficient (Wildman–Crippen LogP) is 11.2. The SMILES string of the molecule is C=C(CCCOCO)OC(CCCCCCCC(=O)OC/C=C/CCCCCC)CCCCCCCC(=O)OC/C=C/CCCCCC. The molecule has 0 aliphatic rings. The molecular weight excluding hydrogens is 604 g/mol. The Bertz CT molecular complexity index is 740. The zero-order chi connectivity index (χ0) is 35.2. The second-order valence-corrected chi connectivity index (χ2v) is 13.0. The molecule has 0 aliphatic heterocycles. The molecule has 7 nitrogen and oxygen atoms in total. The highest BCUT2D eigenvalue weighted by Crippen LogP contribution is 2.20. The third-order valence-corrected chi connectivity index (χ3v) is 8.45. The number of hydrogen-bond acceptors (Lipinski definition) is 7. The highest BCUT2D eigenvalue weighted by molar-refractivity contribution is 5.69. The van der Waals surface area contributed by atoms with Crippen LogP contribution in [0.15, 0.2) is 36.6 Å². The summed E-state index contributed by atoms with van der Waals surface area (Å²) in [6.45, 7) is 9.57. The van der Waals surface area contributed by atoms with Crippen LogP contribution in [0, 0.1) is 0 Å². The molecule has 0 aromatic heterocycles. The Morgan fingerprint density at radius 1 is 0.583 bits per heavy atom. The van der Waals surface area contributed by atoms with Gasteiger partial charge in [-0.25, -0.2) is 0 Å². The summed E-state index contributed by atoms with van der Waals surface area (Å²) in [6, 6.07) is 0. The van der Waals surface area contributed by atoms with E-state index in [2.05, 4.69) is 32.6 Å². The quantitative estimate of drug-likeness (QED) is 0.0230. The van der Waals surface area contributed by atoms with Crippen molar-refractivity contribution in [3.63, 3.8) is 0 Å². The van der Waals surface area contributed by atoms with Gasteiger partial charge in [-0.1, -0.05) is 122 Å². The van der Waals surface area contributed by atoms with Gasteiger partial charge in [0.25, 0.3) is 0 Å². The van der Waals surface area contributed by atoms with Crippen LogP contribution in [0.25, 0.3) is 0 Å². The first-order valence-corrected chi connectivity index (χ1v) is 19.7. The zero-order valence-corrected chi connectivity index (χ0v) is 31.2. The highest BCUT2D eigenvalue weighted by atomic mass is 16.6. The average Bonchev–Trinajstić information content (AvgIpc) is 3.08. The van der Waals surface area contributed by atoms with Crippen LogP contribution in [-0.2, 0) is 28.5 Å². The van der Waals surface area contributed by atoms with Crippen LogP contribution in [0.3, 0.4) is 0 Å². The average molecular weight is 679 g/mol. The first kappa shape index (κ1) is 45.9. The summed E-state index contributed by atoms with van der Waals surface area (Å²) in [4.78, 5) is 24.0. The highest BCUT2D eigenvalue weighted by Gasteiger charge is 2.12. The van der Waals surface area contributed by atoms with E-state index < -0.39 is 0 Å². The summed E-state index contributed by atoms with van der Waals surface area (Å²) >= 11 is 0. The maximum atomic E-state index is 12.0. The van der Waals surface area contributed by atoms with E-state index in [0.717, 1.165) is 108 Å². The Kier molecular flexibility index (Phi) is 36.0. The van der Waals surface area contributed by atoms with E-state index in [9.17, 15) is 9.59 Å². The molecule has 0 atom stereocenters. The second kappa shape index (κ2) is 37.7. The Balaban J connectivity index is 4.10. The van der Waals surface area contributed by atoms with Crippen LogP contribution in [0.5, 0.6) is 0 Å². The molecule has 48 heavy (non-hydrogen) atoms. The Morgan fingerprint density at radius 3 is 1.52 bits per heavy atom. The molecule has 0 heterocycles. The van der Waals surface area contributed by atoms with Gasteiger partial charge in [0.05, 0.1) is 11.9 Å². The monoisotopic (exact) mass is 679 g/mol. The number of aliphatic hydroxyl groups excluding tert-OH is 1. The van der Waals surface area contributed by atoms with Crippen molar-refractivity contribution >= 4 is 11.9 Å². The summed E-state index contributed by atoms with van der Waals surface area (Å²) in [6.07, 6.45) is 35.4. The van der Waals surface area contributed by atoms with Crippen molar-refractivity contribution in [2.24, 2.45) is 0 Å². The summed E-state index contributed by atoms with van der Waals surface area (Å²) in [5.74, 6) is 0.590. The minimum atomic E-state index is -0.258. The normalized spacial score (nSPS) is 11.6. The van der Waals surface area contributed by atoms with Gasteiger partial charge >= 0.3 is 11.9 Å². The van der Waals surface area contributed by atoms with Gasteiger partial charge in [0.1, 0.15) is 20.0 Å². The molecule has 0 spiro atoms. The van der Waals surface area contributed by atoms with E-state index >= 15 is 0 Å². The van der Waals surface area contributed by atoms with Gasteiger partial charge in [0.2, 0.25) is 0 Å². The van der Waals surface area contributed by atoms with Gasteiger partial charge in [-0.2, -0.15) is 0 Å². The molecule has 0 aromatic carbocycles. The molecule has 0 saturated heterocycles. The summed E-state index contributed by atoms with van der Waals surface area (Å²) in [7, 11) is 0. The molecule has 0 amide bonds. The molecule has 1 N–H and O–H groups in total. The van der Waals surface area contributed by atoms with Crippen molar-refractivity contribution in [2.45, 2.75) is 187 Å². The first-order chi connectivity index (χ1) is 23.5. The van der Waals surface area contributed by atoms with Crippen molar-refractivity contribution < 1.29 is 33.6 Å². The third kappa shape index (κ3) is 35.2. The van der Waals surface area contributed by atoms with Crippen molar-refractivity contribution in [2.75, 3.05) is 26.6 Å². The summed E-state index contributed by atoms with van der Waals surface area (Å²) < 4.78 is 21.9. The van der Waals surface area contributed by atoms with Crippen LogP contribution in [-0.4, -0.2) is 49.8 Å². The maximum Gasteiger partial charge on any atom is 0.306 e. The second-order valence-electron chi connectivity index (χ2n) is 13.0. The smallest absolute Gasteiger partial charge is 0.306 e. The van der Waals surface area contributed by atoms with Crippen LogP contribution in [0.1, 0.15) is 181 Å². The molecule has 0 saturated carbocycles. The lowest BCUT2D eigenvalue weighted by Gasteiger charge is -2.21. The Morgan fingerprint density at radius 2 is 1.04 bits per heavy atom. The van der Waals surface area contributed by atoms with E-state index in [1.165, 1.54) is 51.4 Å². The lowest BCUT2D eigenvalue weighted by atomic mass is 10.0. The van der Waals surface area contributed by atoms with Crippen molar-refractivity contribution in [1.82, 2.24) is 0 Å². The number of allylic oxidation sites excluding steroid dienone is 3. The standard InChI is InChI=1S/C41H74O7/c1-4-6-8-10-12-20-26-35-46-40(43)32-24-18-14-16-22-30-39(48-38(3)29-28-34-45-37-42)31-23-17-15-19-25-33-41(44)47-36-27-21-13-11-9-7-5-2/h20-21,26-27,39,42H,3-19,22-25,28-37H2,1-2H3/b26-20+,27-21+. The molecule has 0 fully saturated rings. The number of carbonyl (C=O) groups excluding carboxylic acids is 2. The van der Waals surface area contributed by atoms with Crippen molar-refractivity contribution in [3.05, 3.63) is 36.6 Å². The number of hydrogen-bond donors (Lipinski definition) is 1. The van der Waals surface area contributed by atoms with Gasteiger partial charge in [0.15, 0.2) is 0 Å². The fourth-order valence-corrected chi connectivity index (χ4v) is 5.51. The summed E-state index contributed by atoms with van der Waals surface area (Å²) in [5.41, 5.74) is 0. The predicted molar refractivity (Wildman–Crippen MR) is 199 cm³/mol. The Labute approximate surface area is 295 Å². The van der Waals surface area contributed by atoms with Gasteiger partial charge < -0.3 is 24.1 Å². The number of esters is 2. The molecule has 7 heteroatoms. The van der Waals surface area contributed by atoms with Gasteiger partial charge in [-0.3, -0.25) is 9.59 Å². The van der Waals surface area contributed by atoms with Gasteiger partial charge in [-0.05, 0) is 70.6 Å². The van der Waals surface area contributed by atoms with E-state index in [1.54, 1.807) is 0 Å². The van der Waals surface area contributed by atoms with E-state index in [4.69, 9.17) is 24.1 Å². The molecule has 0 aromatic rings. The largest absolute Gasteiger partial charge is 0.495 e. The molecule has 0 unspecified atom stereocenters. The fourth-order valence-electron chi connectivity index (χ4n) is 5.51. The van der Waals surface area contributed by atoms with Crippen LogP contribution in [0.2, 0.25) is 0 Å². The number of rotatable bonds is 37. The van der Waals surface area contributed by atoms with Crippen LogP contribution >= 0.6 is 0 Å². The van der Waals surface area contributed by atoms with Crippen molar-refractivity contribution in [1.29, 1.82) is 0 Å². The first-order valence-electron chi connectivity index (χ1n) is 19.7. The molecule has 280 valence electrons. The number of ether oxygens (including phenoxy) is 4.